The smallest absolute Gasteiger partial charge is 0.255 e. The minimum atomic E-state index is -0.0700. The third kappa shape index (κ3) is 2.79. The molecular formula is C15H14BrNO. The second-order valence-electron chi connectivity index (χ2n) is 3.94. The van der Waals surface area contributed by atoms with Crippen LogP contribution in [0.2, 0.25) is 0 Å². The number of rotatable bonds is 3. The van der Waals surface area contributed by atoms with E-state index in [4.69, 9.17) is 0 Å². The number of nitrogens with one attached hydrogen (secondary N) is 1. The third-order valence-corrected chi connectivity index (χ3v) is 3.46. The average molecular weight is 304 g/mol. The lowest BCUT2D eigenvalue weighted by Gasteiger charge is -2.10. The van der Waals surface area contributed by atoms with E-state index in [1.165, 1.54) is 0 Å². The molecule has 0 heterocycles. The van der Waals surface area contributed by atoms with Crippen molar-refractivity contribution < 1.29 is 4.79 Å². The Hall–Kier alpha value is -1.61. The Balaban J connectivity index is 2.25. The van der Waals surface area contributed by atoms with Gasteiger partial charge in [0.25, 0.3) is 5.91 Å². The lowest BCUT2D eigenvalue weighted by atomic mass is 10.0. The molecule has 18 heavy (non-hydrogen) atoms. The summed E-state index contributed by atoms with van der Waals surface area (Å²) in [5.41, 5.74) is 2.58. The lowest BCUT2D eigenvalue weighted by molar-refractivity contribution is 0.102. The van der Waals surface area contributed by atoms with Crippen molar-refractivity contribution in [2.45, 2.75) is 13.3 Å². The molecule has 2 aromatic carbocycles. The Kier molecular flexibility index (Phi) is 4.15. The molecule has 0 aliphatic rings. The van der Waals surface area contributed by atoms with Gasteiger partial charge in [-0.05, 0) is 46.1 Å². The first-order valence-corrected chi connectivity index (χ1v) is 6.65. The molecule has 2 aromatic rings. The number of halogens is 1. The highest BCUT2D eigenvalue weighted by Crippen LogP contribution is 2.22. The number of anilines is 1. The van der Waals surface area contributed by atoms with Crippen LogP contribution in [-0.4, -0.2) is 5.91 Å². The van der Waals surface area contributed by atoms with Crippen LogP contribution in [-0.2, 0) is 6.42 Å². The van der Waals surface area contributed by atoms with E-state index in [9.17, 15) is 4.79 Å². The van der Waals surface area contributed by atoms with Gasteiger partial charge >= 0.3 is 0 Å². The fourth-order valence-electron chi connectivity index (χ4n) is 1.80. The molecule has 0 aliphatic heterocycles. The number of para-hydroxylation sites is 1. The summed E-state index contributed by atoms with van der Waals surface area (Å²) < 4.78 is 0.882. The number of amides is 1. The van der Waals surface area contributed by atoms with E-state index in [0.717, 1.165) is 27.7 Å². The molecule has 1 N–H and O–H groups in total. The summed E-state index contributed by atoms with van der Waals surface area (Å²) in [6, 6.07) is 15.3. The molecule has 0 fully saturated rings. The zero-order chi connectivity index (χ0) is 13.0. The highest BCUT2D eigenvalue weighted by molar-refractivity contribution is 9.10. The van der Waals surface area contributed by atoms with Gasteiger partial charge in [-0.1, -0.05) is 37.3 Å². The van der Waals surface area contributed by atoms with Crippen molar-refractivity contribution in [2.75, 3.05) is 5.32 Å². The van der Waals surface area contributed by atoms with Crippen molar-refractivity contribution in [1.29, 1.82) is 0 Å². The monoisotopic (exact) mass is 303 g/mol. The predicted octanol–water partition coefficient (Wildman–Crippen LogP) is 4.26. The van der Waals surface area contributed by atoms with Gasteiger partial charge in [-0.25, -0.2) is 0 Å². The summed E-state index contributed by atoms with van der Waals surface area (Å²) in [6.07, 6.45) is 0.847. The van der Waals surface area contributed by atoms with Gasteiger partial charge in [-0.15, -0.1) is 0 Å². The molecule has 0 unspecified atom stereocenters. The van der Waals surface area contributed by atoms with Gasteiger partial charge in [0.15, 0.2) is 0 Å². The van der Waals surface area contributed by atoms with Crippen molar-refractivity contribution in [2.24, 2.45) is 0 Å². The first-order chi connectivity index (χ1) is 8.72. The van der Waals surface area contributed by atoms with Gasteiger partial charge < -0.3 is 5.32 Å². The van der Waals surface area contributed by atoms with Crippen LogP contribution in [0.25, 0.3) is 0 Å². The maximum atomic E-state index is 12.2. The van der Waals surface area contributed by atoms with Crippen LogP contribution in [0.4, 0.5) is 5.69 Å². The molecule has 0 aromatic heterocycles. The molecule has 0 atom stereocenters. The molecule has 0 radical (unpaired) electrons. The largest absolute Gasteiger partial charge is 0.321 e. The quantitative estimate of drug-likeness (QED) is 0.901. The molecule has 0 aliphatic carbocycles. The molecule has 2 rings (SSSR count). The van der Waals surface area contributed by atoms with Crippen LogP contribution in [0.5, 0.6) is 0 Å². The standard InChI is InChI=1S/C15H14BrNO/c1-2-11-7-3-4-8-12(11)15(18)17-14-10-6-5-9-13(14)16/h3-10H,2H2,1H3,(H,17,18). The van der Waals surface area contributed by atoms with Crippen LogP contribution in [0, 0.1) is 0 Å². The second kappa shape index (κ2) is 5.83. The van der Waals surface area contributed by atoms with Crippen LogP contribution in [0.15, 0.2) is 53.0 Å². The summed E-state index contributed by atoms with van der Waals surface area (Å²) in [7, 11) is 0. The molecule has 0 saturated carbocycles. The van der Waals surface area contributed by atoms with Gasteiger partial charge in [0, 0.05) is 10.0 Å². The molecular weight excluding hydrogens is 290 g/mol. The first-order valence-electron chi connectivity index (χ1n) is 5.86. The Morgan fingerprint density at radius 1 is 1.11 bits per heavy atom. The first kappa shape index (κ1) is 12.8. The van der Waals surface area contributed by atoms with Crippen molar-refractivity contribution in [3.05, 3.63) is 64.1 Å². The number of hydrogen-bond donors (Lipinski definition) is 1. The highest BCUT2D eigenvalue weighted by atomic mass is 79.9. The summed E-state index contributed by atoms with van der Waals surface area (Å²) >= 11 is 3.42. The number of aryl methyl sites for hydroxylation is 1. The van der Waals surface area contributed by atoms with Crippen molar-refractivity contribution in [1.82, 2.24) is 0 Å². The van der Waals surface area contributed by atoms with Crippen molar-refractivity contribution in [3.63, 3.8) is 0 Å². The van der Waals surface area contributed by atoms with E-state index in [1.807, 2.05) is 55.5 Å². The van der Waals surface area contributed by atoms with E-state index >= 15 is 0 Å². The van der Waals surface area contributed by atoms with Crippen LogP contribution >= 0.6 is 15.9 Å². The zero-order valence-electron chi connectivity index (χ0n) is 10.1. The Labute approximate surface area is 115 Å². The van der Waals surface area contributed by atoms with Gasteiger partial charge in [-0.2, -0.15) is 0 Å². The maximum Gasteiger partial charge on any atom is 0.255 e. The number of carbonyl (C=O) groups excluding carboxylic acids is 1. The molecule has 0 spiro atoms. The van der Waals surface area contributed by atoms with E-state index in [2.05, 4.69) is 21.2 Å². The normalized spacial score (nSPS) is 10.1. The van der Waals surface area contributed by atoms with E-state index in [-0.39, 0.29) is 5.91 Å². The fourth-order valence-corrected chi connectivity index (χ4v) is 2.19. The molecule has 3 heteroatoms. The third-order valence-electron chi connectivity index (χ3n) is 2.76. The van der Waals surface area contributed by atoms with E-state index in [1.54, 1.807) is 0 Å². The van der Waals surface area contributed by atoms with Crippen LogP contribution in [0.3, 0.4) is 0 Å². The Morgan fingerprint density at radius 2 is 1.78 bits per heavy atom. The Bertz CT molecular complexity index is 566. The number of carbonyl (C=O) groups is 1. The number of benzene rings is 2. The van der Waals surface area contributed by atoms with Gasteiger partial charge in [0.05, 0.1) is 5.69 Å². The molecule has 92 valence electrons. The molecule has 1 amide bonds. The fraction of sp³-hybridized carbons (Fsp3) is 0.133. The van der Waals surface area contributed by atoms with Gasteiger partial charge in [0.1, 0.15) is 0 Å². The zero-order valence-corrected chi connectivity index (χ0v) is 11.7. The number of hydrogen-bond acceptors (Lipinski definition) is 1. The predicted molar refractivity (Wildman–Crippen MR) is 77.9 cm³/mol. The SMILES string of the molecule is CCc1ccccc1C(=O)Nc1ccccc1Br. The highest BCUT2D eigenvalue weighted by Gasteiger charge is 2.10. The van der Waals surface area contributed by atoms with Crippen LogP contribution in [0.1, 0.15) is 22.8 Å². The second-order valence-corrected chi connectivity index (χ2v) is 4.80. The summed E-state index contributed by atoms with van der Waals surface area (Å²) in [6.45, 7) is 2.05. The van der Waals surface area contributed by atoms with E-state index < -0.39 is 0 Å². The van der Waals surface area contributed by atoms with Crippen LogP contribution < -0.4 is 5.32 Å². The van der Waals surface area contributed by atoms with Gasteiger partial charge in [-0.3, -0.25) is 4.79 Å². The summed E-state index contributed by atoms with van der Waals surface area (Å²) in [4.78, 5) is 12.2. The summed E-state index contributed by atoms with van der Waals surface area (Å²) in [5.74, 6) is -0.0700. The average Bonchev–Trinajstić information content (AvgIpc) is 2.41. The maximum absolute atomic E-state index is 12.2. The van der Waals surface area contributed by atoms with Gasteiger partial charge in [0.2, 0.25) is 0 Å². The molecule has 0 bridgehead atoms. The Morgan fingerprint density at radius 3 is 2.50 bits per heavy atom. The van der Waals surface area contributed by atoms with E-state index in [0.29, 0.717) is 0 Å². The molecule has 0 saturated heterocycles. The lowest BCUT2D eigenvalue weighted by Crippen LogP contribution is -2.14. The van der Waals surface area contributed by atoms with Crippen molar-refractivity contribution in [3.8, 4) is 0 Å². The minimum Gasteiger partial charge on any atom is -0.321 e. The topological polar surface area (TPSA) is 29.1 Å². The summed E-state index contributed by atoms with van der Waals surface area (Å²) in [5, 5.41) is 2.92. The molecule has 2 nitrogen and oxygen atoms in total. The minimum absolute atomic E-state index is 0.0700. The van der Waals surface area contributed by atoms with Crippen molar-refractivity contribution >= 4 is 27.5 Å².